The molecule has 0 atom stereocenters. The summed E-state index contributed by atoms with van der Waals surface area (Å²) in [4.78, 5) is 22.1. The van der Waals surface area contributed by atoms with Crippen LogP contribution < -0.4 is 9.62 Å². The van der Waals surface area contributed by atoms with Gasteiger partial charge in [0, 0.05) is 12.6 Å². The van der Waals surface area contributed by atoms with Crippen molar-refractivity contribution in [2.24, 2.45) is 0 Å². The number of anilines is 1. The van der Waals surface area contributed by atoms with E-state index >= 15 is 0 Å². The number of para-hydroxylation sites is 2. The Labute approximate surface area is 151 Å². The maximum absolute atomic E-state index is 13.1. The maximum Gasteiger partial charge on any atom is 0.289 e. The molecule has 0 saturated heterocycles. The maximum atomic E-state index is 13.1. The molecular formula is C17H17N3O5S. The zero-order valence-electron chi connectivity index (χ0n) is 13.7. The molecule has 0 fully saturated rings. The van der Waals surface area contributed by atoms with Gasteiger partial charge in [0.05, 0.1) is 10.6 Å². The first-order valence-electron chi connectivity index (χ1n) is 7.56. The lowest BCUT2D eigenvalue weighted by molar-refractivity contribution is -0.387. The summed E-state index contributed by atoms with van der Waals surface area (Å²) >= 11 is 0. The summed E-state index contributed by atoms with van der Waals surface area (Å²) in [6, 6.07) is 12.9. The van der Waals surface area contributed by atoms with Gasteiger partial charge in [0.25, 0.3) is 15.7 Å². The second kappa shape index (κ2) is 8.26. The third-order valence-electron chi connectivity index (χ3n) is 3.40. The molecule has 26 heavy (non-hydrogen) atoms. The van der Waals surface area contributed by atoms with Gasteiger partial charge in [0.1, 0.15) is 6.54 Å². The number of sulfonamides is 1. The Bertz CT molecular complexity index is 913. The number of nitro groups is 1. The summed E-state index contributed by atoms with van der Waals surface area (Å²) in [6.07, 6.45) is 1.46. The van der Waals surface area contributed by atoms with Crippen LogP contribution in [0.5, 0.6) is 0 Å². The van der Waals surface area contributed by atoms with Crippen LogP contribution in [0.2, 0.25) is 0 Å². The zero-order chi connectivity index (χ0) is 19.2. The Morgan fingerprint density at radius 1 is 1.15 bits per heavy atom. The number of rotatable bonds is 8. The monoisotopic (exact) mass is 375 g/mol. The molecule has 0 saturated carbocycles. The molecule has 2 aromatic rings. The minimum absolute atomic E-state index is 0.174. The van der Waals surface area contributed by atoms with Crippen LogP contribution in [-0.4, -0.2) is 32.3 Å². The average molecular weight is 375 g/mol. The highest BCUT2D eigenvalue weighted by molar-refractivity contribution is 7.93. The molecule has 8 nitrogen and oxygen atoms in total. The van der Waals surface area contributed by atoms with Crippen molar-refractivity contribution in [1.29, 1.82) is 0 Å². The van der Waals surface area contributed by atoms with Gasteiger partial charge in [-0.1, -0.05) is 36.4 Å². The van der Waals surface area contributed by atoms with Gasteiger partial charge in [-0.2, -0.15) is 0 Å². The van der Waals surface area contributed by atoms with E-state index in [1.165, 1.54) is 30.3 Å². The van der Waals surface area contributed by atoms with E-state index in [4.69, 9.17) is 0 Å². The van der Waals surface area contributed by atoms with Crippen LogP contribution in [0.3, 0.4) is 0 Å². The quantitative estimate of drug-likeness (QED) is 0.432. The van der Waals surface area contributed by atoms with Crippen molar-refractivity contribution in [2.75, 3.05) is 17.4 Å². The SMILES string of the molecule is C=CCNC(=O)CN(c1ccccc1)S(=O)(=O)c1ccccc1[N+](=O)[O-]. The molecule has 1 N–H and O–H groups in total. The molecule has 0 aliphatic rings. The summed E-state index contributed by atoms with van der Waals surface area (Å²) in [6.45, 7) is 3.13. The molecule has 0 spiro atoms. The Kier molecular flexibility index (Phi) is 6.07. The Hall–Kier alpha value is -3.20. The van der Waals surface area contributed by atoms with Gasteiger partial charge in [-0.25, -0.2) is 8.42 Å². The average Bonchev–Trinajstić information content (AvgIpc) is 2.65. The van der Waals surface area contributed by atoms with Crippen molar-refractivity contribution in [3.05, 3.63) is 77.4 Å². The predicted octanol–water partition coefficient (Wildman–Crippen LogP) is 2.09. The largest absolute Gasteiger partial charge is 0.351 e. The van der Waals surface area contributed by atoms with Crippen LogP contribution in [0.15, 0.2) is 72.1 Å². The van der Waals surface area contributed by atoms with E-state index in [0.717, 1.165) is 16.4 Å². The highest BCUT2D eigenvalue weighted by atomic mass is 32.2. The fraction of sp³-hybridized carbons (Fsp3) is 0.118. The van der Waals surface area contributed by atoms with Gasteiger partial charge in [-0.15, -0.1) is 6.58 Å². The number of hydrogen-bond donors (Lipinski definition) is 1. The second-order valence-electron chi connectivity index (χ2n) is 5.16. The molecule has 2 rings (SSSR count). The predicted molar refractivity (Wildman–Crippen MR) is 97.3 cm³/mol. The first kappa shape index (κ1) is 19.1. The van der Waals surface area contributed by atoms with Crippen LogP contribution in [-0.2, 0) is 14.8 Å². The van der Waals surface area contributed by atoms with E-state index < -0.39 is 38.0 Å². The lowest BCUT2D eigenvalue weighted by Gasteiger charge is -2.23. The summed E-state index contributed by atoms with van der Waals surface area (Å²) in [5, 5.41) is 13.7. The molecule has 0 aromatic heterocycles. The van der Waals surface area contributed by atoms with Crippen molar-refractivity contribution in [2.45, 2.75) is 4.90 Å². The molecule has 2 aromatic carbocycles. The molecule has 0 heterocycles. The van der Waals surface area contributed by atoms with E-state index in [-0.39, 0.29) is 12.2 Å². The van der Waals surface area contributed by atoms with Gasteiger partial charge in [-0.3, -0.25) is 19.2 Å². The highest BCUT2D eigenvalue weighted by Crippen LogP contribution is 2.29. The fourth-order valence-electron chi connectivity index (χ4n) is 2.23. The number of carbonyl (C=O) groups is 1. The normalized spacial score (nSPS) is 10.8. The smallest absolute Gasteiger partial charge is 0.289 e. The third kappa shape index (κ3) is 4.25. The first-order chi connectivity index (χ1) is 12.4. The summed E-state index contributed by atoms with van der Waals surface area (Å²) in [5.74, 6) is -0.559. The number of carbonyl (C=O) groups excluding carboxylic acids is 1. The van der Waals surface area contributed by atoms with E-state index in [0.29, 0.717) is 0 Å². The van der Waals surface area contributed by atoms with E-state index in [2.05, 4.69) is 11.9 Å². The molecule has 0 radical (unpaired) electrons. The van der Waals surface area contributed by atoms with Gasteiger partial charge in [-0.05, 0) is 18.2 Å². The lowest BCUT2D eigenvalue weighted by atomic mass is 10.3. The molecule has 0 aliphatic carbocycles. The topological polar surface area (TPSA) is 110 Å². The molecule has 0 unspecified atom stereocenters. The number of nitrogens with one attached hydrogen (secondary N) is 1. The van der Waals surface area contributed by atoms with Gasteiger partial charge in [0.2, 0.25) is 5.91 Å². The zero-order valence-corrected chi connectivity index (χ0v) is 14.6. The molecule has 0 aliphatic heterocycles. The van der Waals surface area contributed by atoms with Crippen molar-refractivity contribution in [1.82, 2.24) is 5.32 Å². The highest BCUT2D eigenvalue weighted by Gasteiger charge is 2.32. The van der Waals surface area contributed by atoms with Gasteiger partial charge >= 0.3 is 0 Å². The van der Waals surface area contributed by atoms with Crippen LogP contribution >= 0.6 is 0 Å². The fourth-order valence-corrected chi connectivity index (χ4v) is 3.81. The summed E-state index contributed by atoms with van der Waals surface area (Å²) < 4.78 is 27.0. The lowest BCUT2D eigenvalue weighted by Crippen LogP contribution is -2.41. The van der Waals surface area contributed by atoms with E-state index in [9.17, 15) is 23.3 Å². The minimum atomic E-state index is -4.34. The number of amides is 1. The summed E-state index contributed by atoms with van der Waals surface area (Å²) in [5.41, 5.74) is -0.334. The van der Waals surface area contributed by atoms with Crippen LogP contribution in [0.4, 0.5) is 11.4 Å². The molecule has 1 amide bonds. The van der Waals surface area contributed by atoms with Crippen LogP contribution in [0.25, 0.3) is 0 Å². The molecule has 136 valence electrons. The van der Waals surface area contributed by atoms with E-state index in [1.54, 1.807) is 18.2 Å². The molecule has 0 bridgehead atoms. The number of benzene rings is 2. The number of hydrogen-bond acceptors (Lipinski definition) is 5. The van der Waals surface area contributed by atoms with Gasteiger partial charge in [0.15, 0.2) is 4.90 Å². The van der Waals surface area contributed by atoms with Crippen molar-refractivity contribution in [3.8, 4) is 0 Å². The van der Waals surface area contributed by atoms with Gasteiger partial charge < -0.3 is 5.32 Å². The summed E-state index contributed by atoms with van der Waals surface area (Å²) in [7, 11) is -4.34. The van der Waals surface area contributed by atoms with Crippen molar-refractivity contribution >= 4 is 27.3 Å². The standard InChI is InChI=1S/C17H17N3O5S/c1-2-12-18-17(21)13-19(14-8-4-3-5-9-14)26(24,25)16-11-7-6-10-15(16)20(22)23/h2-11H,1,12-13H2,(H,18,21). The Morgan fingerprint density at radius 3 is 2.38 bits per heavy atom. The van der Waals surface area contributed by atoms with E-state index in [1.807, 2.05) is 0 Å². The Morgan fingerprint density at radius 2 is 1.77 bits per heavy atom. The first-order valence-corrected chi connectivity index (χ1v) is 9.00. The second-order valence-corrected chi connectivity index (χ2v) is 7.00. The van der Waals surface area contributed by atoms with Crippen molar-refractivity contribution in [3.63, 3.8) is 0 Å². The molecule has 9 heteroatoms. The van der Waals surface area contributed by atoms with Crippen LogP contribution in [0, 0.1) is 10.1 Å². The van der Waals surface area contributed by atoms with Crippen molar-refractivity contribution < 1.29 is 18.1 Å². The van der Waals surface area contributed by atoms with Crippen LogP contribution in [0.1, 0.15) is 0 Å². The third-order valence-corrected chi connectivity index (χ3v) is 5.23. The number of nitrogens with zero attached hydrogens (tertiary/aromatic N) is 2. The molecular weight excluding hydrogens is 358 g/mol. The minimum Gasteiger partial charge on any atom is -0.351 e. The number of nitro benzene ring substituents is 1. The Balaban J connectivity index is 2.52.